The van der Waals surface area contributed by atoms with Gasteiger partial charge in [-0.1, -0.05) is 0 Å². The molecule has 0 spiro atoms. The number of aliphatic hydroxyl groups excluding tert-OH is 2. The van der Waals surface area contributed by atoms with E-state index in [4.69, 9.17) is 27.8 Å². The van der Waals surface area contributed by atoms with Gasteiger partial charge in [0.05, 0.1) is 19.5 Å². The zero-order valence-electron chi connectivity index (χ0n) is 14.0. The first-order valence-electron chi connectivity index (χ1n) is 7.70. The number of hydrogen-bond donors (Lipinski definition) is 5. The van der Waals surface area contributed by atoms with E-state index in [0.717, 1.165) is 0 Å². The molecule has 0 aliphatic carbocycles. The van der Waals surface area contributed by atoms with Crippen molar-refractivity contribution >= 4 is 44.8 Å². The molecular formula is C12H16ClN7O7S. The van der Waals surface area contributed by atoms with E-state index in [9.17, 15) is 23.4 Å². The minimum atomic E-state index is -4.46. The molecule has 1 amide bonds. The minimum absolute atomic E-state index is 0.00315. The highest BCUT2D eigenvalue weighted by Gasteiger charge is 2.45. The Kier molecular flexibility index (Phi) is 5.67. The normalized spacial score (nSPS) is 25.3. The number of carbonyl (C=O) groups is 1. The number of halogens is 1. The molecule has 1 aliphatic rings. The van der Waals surface area contributed by atoms with Crippen molar-refractivity contribution in [2.75, 3.05) is 18.9 Å². The fourth-order valence-corrected chi connectivity index (χ4v) is 3.47. The van der Waals surface area contributed by atoms with Crippen LogP contribution in [-0.4, -0.2) is 75.5 Å². The Morgan fingerprint density at radius 3 is 2.79 bits per heavy atom. The molecule has 4 atom stereocenters. The fourth-order valence-electron chi connectivity index (χ4n) is 2.56. The van der Waals surface area contributed by atoms with Gasteiger partial charge in [0.25, 0.3) is 0 Å². The van der Waals surface area contributed by atoms with Crippen LogP contribution in [0.25, 0.3) is 11.2 Å². The van der Waals surface area contributed by atoms with Crippen LogP contribution < -0.4 is 16.2 Å². The van der Waals surface area contributed by atoms with Gasteiger partial charge < -0.3 is 26.4 Å². The molecule has 3 rings (SSSR count). The number of imidazole rings is 1. The van der Waals surface area contributed by atoms with E-state index in [-0.39, 0.29) is 22.3 Å². The summed E-state index contributed by atoms with van der Waals surface area (Å²) in [6.45, 7) is -1.25. The maximum Gasteiger partial charge on any atom is 0.362 e. The number of ether oxygens (including phenoxy) is 1. The van der Waals surface area contributed by atoms with Crippen LogP contribution in [0.1, 0.15) is 6.23 Å². The Hall–Kier alpha value is -2.14. The number of hydrogen-bond acceptors (Lipinski definition) is 12. The lowest BCUT2D eigenvalue weighted by atomic mass is 10.1. The Morgan fingerprint density at radius 2 is 2.11 bits per heavy atom. The van der Waals surface area contributed by atoms with Crippen LogP contribution in [0.3, 0.4) is 0 Å². The zero-order chi connectivity index (χ0) is 20.6. The highest BCUT2D eigenvalue weighted by Crippen LogP contribution is 2.32. The third kappa shape index (κ3) is 4.00. The molecule has 2 aromatic rings. The first-order valence-corrected chi connectivity index (χ1v) is 9.48. The molecule has 0 unspecified atom stereocenters. The molecule has 7 N–H and O–H groups in total. The number of fused-ring (bicyclic) bond motifs is 1. The summed E-state index contributed by atoms with van der Waals surface area (Å²) in [5.74, 6) is -0.978. The molecular weight excluding hydrogens is 422 g/mol. The molecule has 2 aromatic heterocycles. The third-order valence-corrected chi connectivity index (χ3v) is 4.94. The van der Waals surface area contributed by atoms with Crippen LogP contribution in [0, 0.1) is 0 Å². The molecule has 28 heavy (non-hydrogen) atoms. The molecule has 0 bridgehead atoms. The van der Waals surface area contributed by atoms with E-state index in [2.05, 4.69) is 19.1 Å². The van der Waals surface area contributed by atoms with E-state index < -0.39 is 53.9 Å². The number of rotatable bonds is 6. The Balaban J connectivity index is 1.77. The molecule has 16 heteroatoms. The lowest BCUT2D eigenvalue weighted by molar-refractivity contribution is -0.118. The molecule has 154 valence electrons. The van der Waals surface area contributed by atoms with Gasteiger partial charge >= 0.3 is 10.3 Å². The van der Waals surface area contributed by atoms with E-state index in [1.165, 1.54) is 10.9 Å². The summed E-state index contributed by atoms with van der Waals surface area (Å²) in [6.07, 6.45) is -4.20. The van der Waals surface area contributed by atoms with Crippen LogP contribution in [0.2, 0.25) is 5.28 Å². The monoisotopic (exact) mass is 437 g/mol. The smallest absolute Gasteiger partial charge is 0.362 e. The highest BCUT2D eigenvalue weighted by atomic mass is 35.5. The van der Waals surface area contributed by atoms with E-state index in [1.54, 1.807) is 4.72 Å². The Labute approximate surface area is 162 Å². The number of nitrogens with two attached hydrogens (primary N) is 2. The van der Waals surface area contributed by atoms with Crippen LogP contribution in [0.5, 0.6) is 0 Å². The van der Waals surface area contributed by atoms with Gasteiger partial charge in [0.15, 0.2) is 17.7 Å². The van der Waals surface area contributed by atoms with Crippen LogP contribution in [0.4, 0.5) is 5.82 Å². The fraction of sp³-hybridized carbons (Fsp3) is 0.500. The van der Waals surface area contributed by atoms with Gasteiger partial charge in [-0.2, -0.15) is 18.4 Å². The maximum absolute atomic E-state index is 11.6. The summed E-state index contributed by atoms with van der Waals surface area (Å²) < 4.78 is 36.2. The zero-order valence-corrected chi connectivity index (χ0v) is 15.5. The number of aromatic nitrogens is 4. The average molecular weight is 438 g/mol. The molecule has 14 nitrogen and oxygen atoms in total. The first-order chi connectivity index (χ1) is 13.1. The summed E-state index contributed by atoms with van der Waals surface area (Å²) in [5, 5.41) is 20.3. The number of amides is 1. The quantitative estimate of drug-likeness (QED) is 0.286. The van der Waals surface area contributed by atoms with Crippen molar-refractivity contribution in [2.24, 2.45) is 5.73 Å². The maximum atomic E-state index is 11.6. The molecule has 1 aliphatic heterocycles. The van der Waals surface area contributed by atoms with E-state index in [0.29, 0.717) is 0 Å². The number of nitrogen functional groups attached to an aromatic ring is 1. The van der Waals surface area contributed by atoms with Crippen molar-refractivity contribution in [3.05, 3.63) is 11.6 Å². The third-order valence-electron chi connectivity index (χ3n) is 3.84. The van der Waals surface area contributed by atoms with Gasteiger partial charge in [0.1, 0.15) is 23.8 Å². The van der Waals surface area contributed by atoms with Crippen molar-refractivity contribution < 1.29 is 32.3 Å². The van der Waals surface area contributed by atoms with E-state index >= 15 is 0 Å². The van der Waals surface area contributed by atoms with Gasteiger partial charge in [-0.3, -0.25) is 13.5 Å². The molecule has 3 heterocycles. The van der Waals surface area contributed by atoms with Crippen LogP contribution in [-0.2, 0) is 24.0 Å². The molecule has 0 aromatic carbocycles. The summed E-state index contributed by atoms with van der Waals surface area (Å²) in [5.41, 5.74) is 11.1. The second-order valence-corrected chi connectivity index (χ2v) is 7.40. The summed E-state index contributed by atoms with van der Waals surface area (Å²) in [4.78, 5) is 22.8. The Morgan fingerprint density at radius 1 is 1.39 bits per heavy atom. The van der Waals surface area contributed by atoms with Gasteiger partial charge in [-0.25, -0.2) is 9.71 Å². The molecule has 1 fully saturated rings. The molecule has 0 radical (unpaired) electrons. The van der Waals surface area contributed by atoms with Crippen molar-refractivity contribution in [2.45, 2.75) is 24.5 Å². The van der Waals surface area contributed by atoms with Gasteiger partial charge in [0.2, 0.25) is 11.2 Å². The predicted molar refractivity (Wildman–Crippen MR) is 92.7 cm³/mol. The number of nitrogens with zero attached hydrogens (tertiary/aromatic N) is 4. The molecule has 0 saturated carbocycles. The topological polar surface area (TPSA) is 218 Å². The predicted octanol–water partition coefficient (Wildman–Crippen LogP) is -2.98. The van der Waals surface area contributed by atoms with Crippen LogP contribution in [0.15, 0.2) is 6.33 Å². The second-order valence-electron chi connectivity index (χ2n) is 5.72. The number of anilines is 1. The Bertz CT molecular complexity index is 1000. The van der Waals surface area contributed by atoms with Gasteiger partial charge in [-0.05, 0) is 11.6 Å². The highest BCUT2D eigenvalue weighted by molar-refractivity contribution is 7.85. The minimum Gasteiger partial charge on any atom is -0.387 e. The lowest BCUT2D eigenvalue weighted by Crippen LogP contribution is -2.39. The summed E-state index contributed by atoms with van der Waals surface area (Å²) in [7, 11) is -4.46. The standard InChI is InChI=1S/C12H16ClN7O7S/c13-12-17-9(15)6-10(18-12)20(3-16-6)11-8(23)7(22)4(27-11)2-26-28(24,25)19-5(21)1-14/h3-4,7-8,11,22-23H,1-2,14H2,(H,19,21)(H2,15,17,18)/t4-,7-,8-,11-/m1/s1. The van der Waals surface area contributed by atoms with Gasteiger partial charge in [0, 0.05) is 0 Å². The lowest BCUT2D eigenvalue weighted by Gasteiger charge is -2.16. The van der Waals surface area contributed by atoms with Crippen molar-refractivity contribution in [1.82, 2.24) is 24.2 Å². The largest absolute Gasteiger partial charge is 0.387 e. The average Bonchev–Trinajstić information content (AvgIpc) is 3.15. The first kappa shape index (κ1) is 20.6. The number of aliphatic hydroxyl groups is 2. The number of nitrogens with one attached hydrogen (secondary N) is 1. The number of carbonyl (C=O) groups excluding carboxylic acids is 1. The van der Waals surface area contributed by atoms with Crippen molar-refractivity contribution in [3.8, 4) is 0 Å². The summed E-state index contributed by atoms with van der Waals surface area (Å²) in [6, 6.07) is 0. The van der Waals surface area contributed by atoms with Crippen molar-refractivity contribution in [1.29, 1.82) is 0 Å². The second kappa shape index (κ2) is 7.70. The van der Waals surface area contributed by atoms with Crippen LogP contribution >= 0.6 is 11.6 Å². The van der Waals surface area contributed by atoms with Crippen molar-refractivity contribution in [3.63, 3.8) is 0 Å². The van der Waals surface area contributed by atoms with E-state index in [1.807, 2.05) is 0 Å². The summed E-state index contributed by atoms with van der Waals surface area (Å²) >= 11 is 5.78. The van der Waals surface area contributed by atoms with Gasteiger partial charge in [-0.15, -0.1) is 0 Å². The SMILES string of the molecule is NCC(=O)NS(=O)(=O)OC[C@H]1O[C@@H](n2cnc3c(N)nc(Cl)nc32)[C@H](O)[C@@H]1O. The molecule has 1 saturated heterocycles.